The van der Waals surface area contributed by atoms with Gasteiger partial charge in [-0.3, -0.25) is 0 Å². The van der Waals surface area contributed by atoms with Crippen molar-refractivity contribution < 1.29 is 14.9 Å². The lowest BCUT2D eigenvalue weighted by Crippen LogP contribution is -2.56. The lowest BCUT2D eigenvalue weighted by Gasteiger charge is -2.48. The van der Waals surface area contributed by atoms with Crippen molar-refractivity contribution in [2.45, 2.75) is 62.6 Å². The second kappa shape index (κ2) is 4.40. The van der Waals surface area contributed by atoms with Crippen LogP contribution < -0.4 is 0 Å². The second-order valence-corrected chi connectivity index (χ2v) is 5.01. The van der Waals surface area contributed by atoms with E-state index in [1.807, 2.05) is 0 Å². The van der Waals surface area contributed by atoms with Crippen molar-refractivity contribution in [1.29, 1.82) is 0 Å². The molecule has 0 amide bonds. The molecule has 3 heteroatoms. The summed E-state index contributed by atoms with van der Waals surface area (Å²) >= 11 is 0. The summed E-state index contributed by atoms with van der Waals surface area (Å²) < 4.78 is 5.86. The summed E-state index contributed by atoms with van der Waals surface area (Å²) in [4.78, 5) is 0. The average molecular weight is 214 g/mol. The molecule has 1 spiro atoms. The summed E-state index contributed by atoms with van der Waals surface area (Å²) in [5.74, 6) is 0. The minimum atomic E-state index is -0.676. The topological polar surface area (TPSA) is 49.7 Å². The van der Waals surface area contributed by atoms with Crippen LogP contribution in [0.4, 0.5) is 0 Å². The molecule has 0 radical (unpaired) electrons. The van der Waals surface area contributed by atoms with Gasteiger partial charge in [0, 0.05) is 13.2 Å². The predicted molar refractivity (Wildman–Crippen MR) is 57.7 cm³/mol. The van der Waals surface area contributed by atoms with Crippen LogP contribution in [0.25, 0.3) is 0 Å². The predicted octanol–water partition coefficient (Wildman–Crippen LogP) is 1.61. The smallest absolute Gasteiger partial charge is 0.0968 e. The molecular weight excluding hydrogens is 192 g/mol. The minimum absolute atomic E-state index is 0.165. The maximum atomic E-state index is 10.7. The normalized spacial score (nSPS) is 41.2. The molecule has 15 heavy (non-hydrogen) atoms. The highest BCUT2D eigenvalue weighted by atomic mass is 16.5. The molecule has 1 heterocycles. The Labute approximate surface area is 91.4 Å². The molecule has 2 N–H and O–H groups in total. The molecule has 2 aliphatic rings. The van der Waals surface area contributed by atoms with Crippen molar-refractivity contribution >= 4 is 0 Å². The molecular formula is C12H22O3. The van der Waals surface area contributed by atoms with Crippen LogP contribution in [0.5, 0.6) is 0 Å². The van der Waals surface area contributed by atoms with E-state index >= 15 is 0 Å². The van der Waals surface area contributed by atoms with Crippen LogP contribution in [0.15, 0.2) is 0 Å². The van der Waals surface area contributed by atoms with Crippen LogP contribution in [0, 0.1) is 0 Å². The fourth-order valence-corrected chi connectivity index (χ4v) is 3.27. The Morgan fingerprint density at radius 2 is 1.80 bits per heavy atom. The maximum absolute atomic E-state index is 10.7. The van der Waals surface area contributed by atoms with Crippen LogP contribution in [0.3, 0.4) is 0 Å². The second-order valence-electron chi connectivity index (χ2n) is 5.01. The Morgan fingerprint density at radius 1 is 1.07 bits per heavy atom. The van der Waals surface area contributed by atoms with Crippen LogP contribution in [0.2, 0.25) is 0 Å². The number of hydrogen-bond donors (Lipinski definition) is 2. The zero-order chi connectivity index (χ0) is 10.8. The maximum Gasteiger partial charge on any atom is 0.0968 e. The Bertz CT molecular complexity index is 211. The summed E-state index contributed by atoms with van der Waals surface area (Å²) in [5, 5.41) is 19.6. The quantitative estimate of drug-likeness (QED) is 0.750. The number of ether oxygens (including phenoxy) is 1. The van der Waals surface area contributed by atoms with Gasteiger partial charge in [-0.1, -0.05) is 12.8 Å². The summed E-state index contributed by atoms with van der Waals surface area (Å²) in [6.45, 7) is 0.958. The molecule has 0 aromatic carbocycles. The van der Waals surface area contributed by atoms with E-state index in [9.17, 15) is 5.11 Å². The van der Waals surface area contributed by atoms with Crippen molar-refractivity contribution in [3.8, 4) is 0 Å². The highest BCUT2D eigenvalue weighted by molar-refractivity contribution is 5.05. The van der Waals surface area contributed by atoms with Crippen molar-refractivity contribution in [3.05, 3.63) is 0 Å². The SMILES string of the molecule is OCCC[C@]1(O)CCCC[C@]12CCCO2. The molecule has 2 atom stereocenters. The summed E-state index contributed by atoms with van der Waals surface area (Å²) in [5.41, 5.74) is -0.953. The van der Waals surface area contributed by atoms with E-state index in [1.165, 1.54) is 6.42 Å². The van der Waals surface area contributed by atoms with Crippen LogP contribution in [-0.2, 0) is 4.74 Å². The van der Waals surface area contributed by atoms with E-state index in [1.54, 1.807) is 0 Å². The number of hydrogen-bond acceptors (Lipinski definition) is 3. The Morgan fingerprint density at radius 3 is 2.47 bits per heavy atom. The first-order valence-electron chi connectivity index (χ1n) is 6.20. The molecule has 1 aliphatic heterocycles. The largest absolute Gasteiger partial charge is 0.396 e. The van der Waals surface area contributed by atoms with Gasteiger partial charge < -0.3 is 14.9 Å². The van der Waals surface area contributed by atoms with E-state index in [-0.39, 0.29) is 12.2 Å². The molecule has 0 aromatic heterocycles. The zero-order valence-corrected chi connectivity index (χ0v) is 9.37. The van der Waals surface area contributed by atoms with E-state index in [0.29, 0.717) is 12.8 Å². The third kappa shape index (κ3) is 1.93. The first-order chi connectivity index (χ1) is 7.22. The monoisotopic (exact) mass is 214 g/mol. The summed E-state index contributed by atoms with van der Waals surface area (Å²) in [6, 6.07) is 0. The van der Waals surface area contributed by atoms with Gasteiger partial charge in [0.2, 0.25) is 0 Å². The van der Waals surface area contributed by atoms with Gasteiger partial charge in [0.15, 0.2) is 0 Å². The molecule has 0 bridgehead atoms. The lowest BCUT2D eigenvalue weighted by molar-refractivity contribution is -0.186. The molecule has 1 saturated heterocycles. The van der Waals surface area contributed by atoms with E-state index in [4.69, 9.17) is 9.84 Å². The van der Waals surface area contributed by atoms with E-state index in [0.717, 1.165) is 38.7 Å². The van der Waals surface area contributed by atoms with Gasteiger partial charge in [-0.05, 0) is 38.5 Å². The fourth-order valence-electron chi connectivity index (χ4n) is 3.27. The lowest BCUT2D eigenvalue weighted by atomic mass is 9.68. The molecule has 1 saturated carbocycles. The van der Waals surface area contributed by atoms with Crippen LogP contribution in [0.1, 0.15) is 51.4 Å². The van der Waals surface area contributed by atoms with E-state index in [2.05, 4.69) is 0 Å². The molecule has 0 aromatic rings. The molecule has 0 unspecified atom stereocenters. The third-order valence-corrected chi connectivity index (χ3v) is 4.12. The first-order valence-corrected chi connectivity index (χ1v) is 6.20. The van der Waals surface area contributed by atoms with Gasteiger partial charge in [0.05, 0.1) is 11.2 Å². The van der Waals surface area contributed by atoms with Gasteiger partial charge >= 0.3 is 0 Å². The molecule has 2 fully saturated rings. The molecule has 88 valence electrons. The zero-order valence-electron chi connectivity index (χ0n) is 9.37. The fraction of sp³-hybridized carbons (Fsp3) is 1.00. The number of rotatable bonds is 3. The highest BCUT2D eigenvalue weighted by Gasteiger charge is 2.53. The van der Waals surface area contributed by atoms with Gasteiger partial charge in [-0.2, -0.15) is 0 Å². The number of aliphatic hydroxyl groups is 2. The van der Waals surface area contributed by atoms with Crippen LogP contribution >= 0.6 is 0 Å². The van der Waals surface area contributed by atoms with Gasteiger partial charge in [0.1, 0.15) is 0 Å². The molecule has 1 aliphatic carbocycles. The van der Waals surface area contributed by atoms with E-state index < -0.39 is 5.60 Å². The molecule has 2 rings (SSSR count). The molecule has 3 nitrogen and oxygen atoms in total. The number of aliphatic hydroxyl groups excluding tert-OH is 1. The van der Waals surface area contributed by atoms with Gasteiger partial charge in [-0.25, -0.2) is 0 Å². The third-order valence-electron chi connectivity index (χ3n) is 4.12. The van der Waals surface area contributed by atoms with Crippen molar-refractivity contribution in [2.24, 2.45) is 0 Å². The van der Waals surface area contributed by atoms with Crippen LogP contribution in [-0.4, -0.2) is 34.6 Å². The minimum Gasteiger partial charge on any atom is -0.396 e. The van der Waals surface area contributed by atoms with Crippen molar-refractivity contribution in [2.75, 3.05) is 13.2 Å². The Balaban J connectivity index is 2.10. The van der Waals surface area contributed by atoms with Crippen molar-refractivity contribution in [3.63, 3.8) is 0 Å². The van der Waals surface area contributed by atoms with Gasteiger partial charge in [-0.15, -0.1) is 0 Å². The summed E-state index contributed by atoms with van der Waals surface area (Å²) in [7, 11) is 0. The average Bonchev–Trinajstić information content (AvgIpc) is 2.71. The first kappa shape index (κ1) is 11.4. The van der Waals surface area contributed by atoms with Gasteiger partial charge in [0.25, 0.3) is 0 Å². The highest BCUT2D eigenvalue weighted by Crippen LogP contribution is 2.48. The summed E-state index contributed by atoms with van der Waals surface area (Å²) in [6.07, 6.45) is 7.53. The Kier molecular flexibility index (Phi) is 3.33. The van der Waals surface area contributed by atoms with Crippen molar-refractivity contribution in [1.82, 2.24) is 0 Å². The standard InChI is InChI=1S/C12H22O3/c13-9-3-6-11(14)5-1-2-7-12(11)8-4-10-15-12/h13-14H,1-10H2/t11-,12+/m1/s1. The Hall–Kier alpha value is -0.120.